The van der Waals surface area contributed by atoms with Crippen LogP contribution in [0, 0.1) is 0 Å². The summed E-state index contributed by atoms with van der Waals surface area (Å²) in [4.78, 5) is 10.5. The highest BCUT2D eigenvalue weighted by molar-refractivity contribution is 5.65. The molecule has 0 aromatic carbocycles. The van der Waals surface area contributed by atoms with Gasteiger partial charge in [0.2, 0.25) is 0 Å². The van der Waals surface area contributed by atoms with Gasteiger partial charge in [-0.1, -0.05) is 63.3 Å². The molecule has 0 radical (unpaired) electrons. The van der Waals surface area contributed by atoms with Crippen LogP contribution < -0.4 is 0 Å². The van der Waals surface area contributed by atoms with Crippen LogP contribution in [-0.4, -0.2) is 12.6 Å². The zero-order chi connectivity index (χ0) is 14.2. The molecule has 2 nitrogen and oxygen atoms in total. The number of ether oxygens (including phenoxy) is 1. The summed E-state index contributed by atoms with van der Waals surface area (Å²) in [7, 11) is 0. The summed E-state index contributed by atoms with van der Waals surface area (Å²) in [5.74, 6) is -0.169. The number of hydrogen-bond acceptors (Lipinski definition) is 2. The Morgan fingerprint density at radius 1 is 0.895 bits per heavy atom. The molecular formula is C17H30O2. The first kappa shape index (κ1) is 17.9. The van der Waals surface area contributed by atoms with Crippen molar-refractivity contribution in [2.24, 2.45) is 0 Å². The second-order valence-corrected chi connectivity index (χ2v) is 4.90. The van der Waals surface area contributed by atoms with Gasteiger partial charge >= 0.3 is 5.97 Å². The third kappa shape index (κ3) is 16.9. The fraction of sp³-hybridized carbons (Fsp3) is 0.706. The number of unbranched alkanes of at least 4 members (excludes halogenated alkanes) is 7. The van der Waals surface area contributed by atoms with Crippen molar-refractivity contribution < 1.29 is 9.53 Å². The summed E-state index contributed by atoms with van der Waals surface area (Å²) in [6.45, 7) is 4.26. The number of esters is 1. The smallest absolute Gasteiger partial charge is 0.302 e. The maximum absolute atomic E-state index is 10.5. The molecule has 0 aliphatic rings. The average molecular weight is 266 g/mol. The van der Waals surface area contributed by atoms with Crippen LogP contribution in [0.25, 0.3) is 0 Å². The van der Waals surface area contributed by atoms with E-state index in [4.69, 9.17) is 4.74 Å². The Bertz CT molecular complexity index is 254. The van der Waals surface area contributed by atoms with Crippen molar-refractivity contribution in [2.75, 3.05) is 6.61 Å². The van der Waals surface area contributed by atoms with Gasteiger partial charge in [0, 0.05) is 6.92 Å². The monoisotopic (exact) mass is 266 g/mol. The van der Waals surface area contributed by atoms with Crippen molar-refractivity contribution in [1.29, 1.82) is 0 Å². The number of allylic oxidation sites excluding steroid dienone is 4. The average Bonchev–Trinajstić information content (AvgIpc) is 2.39. The molecule has 0 aromatic rings. The van der Waals surface area contributed by atoms with Gasteiger partial charge in [0.1, 0.15) is 0 Å². The SMILES string of the molecule is CCCC/C=C/C=C\CCCCCCCOC(C)=O. The van der Waals surface area contributed by atoms with Gasteiger partial charge in [-0.25, -0.2) is 0 Å². The molecule has 0 aliphatic carbocycles. The number of carbonyl (C=O) groups is 1. The Morgan fingerprint density at radius 3 is 2.11 bits per heavy atom. The molecular weight excluding hydrogens is 236 g/mol. The van der Waals surface area contributed by atoms with E-state index in [1.165, 1.54) is 51.9 Å². The summed E-state index contributed by atoms with van der Waals surface area (Å²) < 4.78 is 4.88. The zero-order valence-corrected chi connectivity index (χ0v) is 12.7. The summed E-state index contributed by atoms with van der Waals surface area (Å²) in [5.41, 5.74) is 0. The third-order valence-corrected chi connectivity index (χ3v) is 2.93. The van der Waals surface area contributed by atoms with Gasteiger partial charge in [-0.15, -0.1) is 0 Å². The van der Waals surface area contributed by atoms with Crippen LogP contribution in [0.2, 0.25) is 0 Å². The quantitative estimate of drug-likeness (QED) is 0.276. The number of carbonyl (C=O) groups excluding carboxylic acids is 1. The predicted molar refractivity (Wildman–Crippen MR) is 82.1 cm³/mol. The van der Waals surface area contributed by atoms with Crippen molar-refractivity contribution in [3.8, 4) is 0 Å². The van der Waals surface area contributed by atoms with Gasteiger partial charge < -0.3 is 4.74 Å². The van der Waals surface area contributed by atoms with Gasteiger partial charge in [-0.2, -0.15) is 0 Å². The number of rotatable bonds is 12. The molecule has 2 heteroatoms. The van der Waals surface area contributed by atoms with Crippen molar-refractivity contribution >= 4 is 5.97 Å². The third-order valence-electron chi connectivity index (χ3n) is 2.93. The van der Waals surface area contributed by atoms with E-state index in [9.17, 15) is 4.79 Å². The van der Waals surface area contributed by atoms with Crippen molar-refractivity contribution in [3.05, 3.63) is 24.3 Å². The maximum Gasteiger partial charge on any atom is 0.302 e. The van der Waals surface area contributed by atoms with Crippen LogP contribution in [0.3, 0.4) is 0 Å². The molecule has 0 saturated heterocycles. The fourth-order valence-corrected chi connectivity index (χ4v) is 1.78. The van der Waals surface area contributed by atoms with Crippen LogP contribution in [0.1, 0.15) is 71.6 Å². The predicted octanol–water partition coefficient (Wildman–Crippen LogP) is 5.19. The maximum atomic E-state index is 10.5. The molecule has 110 valence electrons. The second kappa shape index (κ2) is 15.0. The minimum Gasteiger partial charge on any atom is -0.466 e. The van der Waals surface area contributed by atoms with Gasteiger partial charge in [-0.05, 0) is 25.7 Å². The van der Waals surface area contributed by atoms with Crippen molar-refractivity contribution in [2.45, 2.75) is 71.6 Å². The van der Waals surface area contributed by atoms with Crippen molar-refractivity contribution in [3.63, 3.8) is 0 Å². The van der Waals surface area contributed by atoms with E-state index in [1.807, 2.05) is 0 Å². The standard InChI is InChI=1S/C17H30O2/c1-3-4-5-6-7-8-9-10-11-12-13-14-15-16-19-17(2)18/h6-9H,3-5,10-16H2,1-2H3/b7-6+,9-8-. The summed E-state index contributed by atoms with van der Waals surface area (Å²) in [6, 6.07) is 0. The lowest BCUT2D eigenvalue weighted by Gasteiger charge is -2.01. The topological polar surface area (TPSA) is 26.3 Å². The van der Waals surface area contributed by atoms with Crippen LogP contribution >= 0.6 is 0 Å². The zero-order valence-electron chi connectivity index (χ0n) is 12.7. The normalized spacial score (nSPS) is 11.5. The molecule has 0 N–H and O–H groups in total. The largest absolute Gasteiger partial charge is 0.466 e. The molecule has 0 aliphatic heterocycles. The van der Waals surface area contributed by atoms with Crippen LogP contribution in [0.15, 0.2) is 24.3 Å². The van der Waals surface area contributed by atoms with Gasteiger partial charge in [-0.3, -0.25) is 4.79 Å². The first-order chi connectivity index (χ1) is 9.27. The van der Waals surface area contributed by atoms with E-state index >= 15 is 0 Å². The van der Waals surface area contributed by atoms with Crippen LogP contribution in [0.4, 0.5) is 0 Å². The van der Waals surface area contributed by atoms with E-state index in [1.54, 1.807) is 0 Å². The summed E-state index contributed by atoms with van der Waals surface area (Å²) >= 11 is 0. The highest BCUT2D eigenvalue weighted by Crippen LogP contribution is 2.06. The fourth-order valence-electron chi connectivity index (χ4n) is 1.78. The lowest BCUT2D eigenvalue weighted by Crippen LogP contribution is -1.99. The second-order valence-electron chi connectivity index (χ2n) is 4.90. The van der Waals surface area contributed by atoms with E-state index in [2.05, 4.69) is 31.2 Å². The molecule has 0 heterocycles. The first-order valence-corrected chi connectivity index (χ1v) is 7.72. The molecule has 0 atom stereocenters. The van der Waals surface area contributed by atoms with E-state index in [-0.39, 0.29) is 5.97 Å². The minimum atomic E-state index is -0.169. The van der Waals surface area contributed by atoms with E-state index in [0.29, 0.717) is 6.61 Å². The Labute approximate surface area is 118 Å². The first-order valence-electron chi connectivity index (χ1n) is 7.72. The van der Waals surface area contributed by atoms with Gasteiger partial charge in [0.15, 0.2) is 0 Å². The molecule has 0 rings (SSSR count). The van der Waals surface area contributed by atoms with Crippen LogP contribution in [-0.2, 0) is 9.53 Å². The molecule has 0 unspecified atom stereocenters. The van der Waals surface area contributed by atoms with E-state index < -0.39 is 0 Å². The van der Waals surface area contributed by atoms with Crippen molar-refractivity contribution in [1.82, 2.24) is 0 Å². The highest BCUT2D eigenvalue weighted by atomic mass is 16.5. The molecule has 0 bridgehead atoms. The lowest BCUT2D eigenvalue weighted by molar-refractivity contribution is -0.141. The molecule has 0 aromatic heterocycles. The molecule has 0 saturated carbocycles. The molecule has 19 heavy (non-hydrogen) atoms. The van der Waals surface area contributed by atoms with Gasteiger partial charge in [0.05, 0.1) is 6.61 Å². The molecule has 0 amide bonds. The lowest BCUT2D eigenvalue weighted by atomic mass is 10.1. The van der Waals surface area contributed by atoms with E-state index in [0.717, 1.165) is 12.8 Å². The Balaban J connectivity index is 3.15. The van der Waals surface area contributed by atoms with Crippen LogP contribution in [0.5, 0.6) is 0 Å². The molecule has 0 spiro atoms. The highest BCUT2D eigenvalue weighted by Gasteiger charge is 1.93. The van der Waals surface area contributed by atoms with Gasteiger partial charge in [0.25, 0.3) is 0 Å². The molecule has 0 fully saturated rings. The summed E-state index contributed by atoms with van der Waals surface area (Å²) in [6.07, 6.45) is 19.7. The minimum absolute atomic E-state index is 0.169. The Kier molecular flexibility index (Phi) is 14.2. The Morgan fingerprint density at radius 2 is 1.47 bits per heavy atom. The number of hydrogen-bond donors (Lipinski definition) is 0. The Hall–Kier alpha value is -1.05. The summed E-state index contributed by atoms with van der Waals surface area (Å²) in [5, 5.41) is 0.